The summed E-state index contributed by atoms with van der Waals surface area (Å²) in [5, 5.41) is 0. The monoisotopic (exact) mass is 378 g/mol. The summed E-state index contributed by atoms with van der Waals surface area (Å²) in [7, 11) is 0. The Hall–Kier alpha value is -0.220. The molecular weight excluding hydrogens is 360 g/mol. The fourth-order valence-electron chi connectivity index (χ4n) is 1.25. The molecule has 2 nitrogen and oxygen atoms in total. The first-order valence-corrected chi connectivity index (χ1v) is 7.73. The van der Waals surface area contributed by atoms with Gasteiger partial charge in [-0.3, -0.25) is 0 Å². The molecule has 0 aromatic heterocycles. The predicted molar refractivity (Wildman–Crippen MR) is 82.5 cm³/mol. The zero-order valence-corrected chi connectivity index (χ0v) is 14.5. The minimum atomic E-state index is 0.491. The highest BCUT2D eigenvalue weighted by atomic mass is 79.9. The summed E-state index contributed by atoms with van der Waals surface area (Å²) < 4.78 is 13.5. The lowest BCUT2D eigenvalue weighted by atomic mass is 10.2. The van der Waals surface area contributed by atoms with E-state index in [0.29, 0.717) is 25.0 Å². The maximum Gasteiger partial charge on any atom is 0.162 e. The van der Waals surface area contributed by atoms with Crippen molar-refractivity contribution < 1.29 is 9.47 Å². The molecule has 1 rings (SSSR count). The first-order valence-electron chi connectivity index (χ1n) is 6.14. The summed E-state index contributed by atoms with van der Waals surface area (Å²) in [6.45, 7) is 9.88. The maximum absolute atomic E-state index is 5.79. The van der Waals surface area contributed by atoms with Crippen molar-refractivity contribution >= 4 is 31.9 Å². The van der Waals surface area contributed by atoms with Crippen molar-refractivity contribution in [2.75, 3.05) is 13.2 Å². The first-order chi connectivity index (χ1) is 8.40. The van der Waals surface area contributed by atoms with Crippen LogP contribution >= 0.6 is 31.9 Å². The largest absolute Gasteiger partial charge is 0.489 e. The summed E-state index contributed by atoms with van der Waals surface area (Å²) in [5.74, 6) is 2.56. The van der Waals surface area contributed by atoms with Crippen molar-refractivity contribution in [1.82, 2.24) is 0 Å². The van der Waals surface area contributed by atoms with Crippen molar-refractivity contribution in [3.63, 3.8) is 0 Å². The van der Waals surface area contributed by atoms with Crippen molar-refractivity contribution in [3.8, 4) is 11.5 Å². The molecule has 0 unspecified atom stereocenters. The Morgan fingerprint density at radius 1 is 0.833 bits per heavy atom. The van der Waals surface area contributed by atoms with E-state index in [1.165, 1.54) is 0 Å². The van der Waals surface area contributed by atoms with E-state index in [0.717, 1.165) is 20.4 Å². The van der Waals surface area contributed by atoms with Crippen molar-refractivity contribution in [1.29, 1.82) is 0 Å². The summed E-state index contributed by atoms with van der Waals surface area (Å²) in [5.41, 5.74) is 0. The highest BCUT2D eigenvalue weighted by Crippen LogP contribution is 2.36. The van der Waals surface area contributed by atoms with Crippen LogP contribution in [0.5, 0.6) is 11.5 Å². The highest BCUT2D eigenvalue weighted by molar-refractivity contribution is 9.13. The van der Waals surface area contributed by atoms with Crippen LogP contribution in [0, 0.1) is 11.8 Å². The number of hydrogen-bond donors (Lipinski definition) is 0. The molecule has 0 spiro atoms. The van der Waals surface area contributed by atoms with Gasteiger partial charge in [0.1, 0.15) is 0 Å². The summed E-state index contributed by atoms with van der Waals surface area (Å²) in [4.78, 5) is 0. The summed E-state index contributed by atoms with van der Waals surface area (Å²) >= 11 is 6.97. The van der Waals surface area contributed by atoms with Gasteiger partial charge in [0.05, 0.1) is 13.2 Å². The minimum absolute atomic E-state index is 0.491. The molecule has 18 heavy (non-hydrogen) atoms. The zero-order valence-electron chi connectivity index (χ0n) is 11.3. The molecule has 0 fully saturated rings. The Kier molecular flexibility index (Phi) is 6.50. The number of halogens is 2. The summed E-state index contributed by atoms with van der Waals surface area (Å²) in [6.07, 6.45) is 0. The van der Waals surface area contributed by atoms with Gasteiger partial charge in [0, 0.05) is 8.95 Å². The standard InChI is InChI=1S/C14H20Br2O2/c1-9(2)7-17-13-5-11(15)12(16)6-14(13)18-8-10(3)4/h5-6,9-10H,7-8H2,1-4H3. The van der Waals surface area contributed by atoms with Crippen LogP contribution in [0.2, 0.25) is 0 Å². The third kappa shape index (κ3) is 5.19. The van der Waals surface area contributed by atoms with Crippen LogP contribution in [-0.4, -0.2) is 13.2 Å². The third-order valence-electron chi connectivity index (χ3n) is 2.13. The second-order valence-corrected chi connectivity index (χ2v) is 6.83. The molecule has 0 bridgehead atoms. The van der Waals surface area contributed by atoms with Crippen LogP contribution in [0.25, 0.3) is 0 Å². The molecule has 102 valence electrons. The second-order valence-electron chi connectivity index (χ2n) is 5.12. The van der Waals surface area contributed by atoms with E-state index < -0.39 is 0 Å². The van der Waals surface area contributed by atoms with E-state index >= 15 is 0 Å². The molecule has 1 aromatic rings. The van der Waals surface area contributed by atoms with Gasteiger partial charge in [0.25, 0.3) is 0 Å². The molecule has 0 atom stereocenters. The van der Waals surface area contributed by atoms with E-state index in [1.54, 1.807) is 0 Å². The molecule has 4 heteroatoms. The molecule has 0 N–H and O–H groups in total. The highest BCUT2D eigenvalue weighted by Gasteiger charge is 2.11. The predicted octanol–water partition coefficient (Wildman–Crippen LogP) is 5.28. The Morgan fingerprint density at radius 2 is 1.17 bits per heavy atom. The normalized spacial score (nSPS) is 11.1. The van der Waals surface area contributed by atoms with Gasteiger partial charge in [0.15, 0.2) is 11.5 Å². The molecule has 0 aliphatic rings. The molecule has 0 radical (unpaired) electrons. The van der Waals surface area contributed by atoms with Crippen molar-refractivity contribution in [2.45, 2.75) is 27.7 Å². The van der Waals surface area contributed by atoms with Gasteiger partial charge in [-0.05, 0) is 55.8 Å². The van der Waals surface area contributed by atoms with E-state index in [1.807, 2.05) is 12.1 Å². The van der Waals surface area contributed by atoms with Crippen LogP contribution in [-0.2, 0) is 0 Å². The quantitative estimate of drug-likeness (QED) is 0.669. The van der Waals surface area contributed by atoms with Gasteiger partial charge in [0.2, 0.25) is 0 Å². The van der Waals surface area contributed by atoms with Crippen LogP contribution in [0.3, 0.4) is 0 Å². The molecule has 0 saturated carbocycles. The Labute approximate surface area is 126 Å². The molecular formula is C14H20Br2O2. The zero-order chi connectivity index (χ0) is 13.7. The number of hydrogen-bond acceptors (Lipinski definition) is 2. The molecule has 1 aromatic carbocycles. The van der Waals surface area contributed by atoms with Crippen molar-refractivity contribution in [2.24, 2.45) is 11.8 Å². The molecule has 0 aliphatic heterocycles. The average Bonchev–Trinajstić information content (AvgIpc) is 2.28. The topological polar surface area (TPSA) is 18.5 Å². The second kappa shape index (κ2) is 7.39. The van der Waals surface area contributed by atoms with Gasteiger partial charge in [-0.2, -0.15) is 0 Å². The van der Waals surface area contributed by atoms with E-state index in [9.17, 15) is 0 Å². The van der Waals surface area contributed by atoms with Crippen molar-refractivity contribution in [3.05, 3.63) is 21.1 Å². The van der Waals surface area contributed by atoms with Gasteiger partial charge < -0.3 is 9.47 Å². The maximum atomic E-state index is 5.79. The fraction of sp³-hybridized carbons (Fsp3) is 0.571. The number of ether oxygens (including phenoxy) is 2. The molecule has 0 saturated heterocycles. The SMILES string of the molecule is CC(C)COc1cc(Br)c(Br)cc1OCC(C)C. The van der Waals surface area contributed by atoms with E-state index in [-0.39, 0.29) is 0 Å². The van der Waals surface area contributed by atoms with Crippen LogP contribution in [0.4, 0.5) is 0 Å². The van der Waals surface area contributed by atoms with Crippen LogP contribution in [0.1, 0.15) is 27.7 Å². The third-order valence-corrected chi connectivity index (χ3v) is 3.98. The lowest BCUT2D eigenvalue weighted by molar-refractivity contribution is 0.229. The Morgan fingerprint density at radius 3 is 1.44 bits per heavy atom. The Bertz CT molecular complexity index is 353. The first kappa shape index (κ1) is 15.8. The van der Waals surface area contributed by atoms with Gasteiger partial charge in [-0.1, -0.05) is 27.7 Å². The smallest absolute Gasteiger partial charge is 0.162 e. The van der Waals surface area contributed by atoms with Gasteiger partial charge in [-0.25, -0.2) is 0 Å². The minimum Gasteiger partial charge on any atom is -0.489 e. The Balaban J connectivity index is 2.86. The van der Waals surface area contributed by atoms with E-state index in [4.69, 9.17) is 9.47 Å². The van der Waals surface area contributed by atoms with E-state index in [2.05, 4.69) is 59.6 Å². The molecule has 0 aliphatic carbocycles. The van der Waals surface area contributed by atoms with Crippen LogP contribution in [0.15, 0.2) is 21.1 Å². The number of benzene rings is 1. The van der Waals surface area contributed by atoms with Gasteiger partial charge >= 0.3 is 0 Å². The number of rotatable bonds is 6. The van der Waals surface area contributed by atoms with Gasteiger partial charge in [-0.15, -0.1) is 0 Å². The molecule has 0 heterocycles. The van der Waals surface area contributed by atoms with Crippen LogP contribution < -0.4 is 9.47 Å². The fourth-order valence-corrected chi connectivity index (χ4v) is 1.89. The summed E-state index contributed by atoms with van der Waals surface area (Å²) in [6, 6.07) is 3.89. The average molecular weight is 380 g/mol. The lowest BCUT2D eigenvalue weighted by Crippen LogP contribution is -2.09. The molecule has 0 amide bonds. The lowest BCUT2D eigenvalue weighted by Gasteiger charge is -2.16.